The van der Waals surface area contributed by atoms with Crippen LogP contribution in [0.2, 0.25) is 0 Å². The summed E-state index contributed by atoms with van der Waals surface area (Å²) in [5, 5.41) is 0.392. The number of benzene rings is 1. The van der Waals surface area contributed by atoms with Gasteiger partial charge in [-0.1, -0.05) is 6.07 Å². The molecule has 1 aromatic carbocycles. The second-order valence-electron chi connectivity index (χ2n) is 5.16. The summed E-state index contributed by atoms with van der Waals surface area (Å²) in [6, 6.07) is 3.46. The fourth-order valence-electron chi connectivity index (χ4n) is 2.33. The van der Waals surface area contributed by atoms with E-state index in [0.29, 0.717) is 18.1 Å². The summed E-state index contributed by atoms with van der Waals surface area (Å²) in [6.07, 6.45) is -8.28. The lowest BCUT2D eigenvalue weighted by molar-refractivity contribution is -0.153. The Labute approximate surface area is 131 Å². The van der Waals surface area contributed by atoms with Crippen LogP contribution in [0.25, 0.3) is 10.1 Å². The van der Waals surface area contributed by atoms with Gasteiger partial charge in [0.05, 0.1) is 10.3 Å². The monoisotopic (exact) mass is 355 g/mol. The van der Waals surface area contributed by atoms with E-state index in [1.807, 2.05) is 0 Å². The van der Waals surface area contributed by atoms with Gasteiger partial charge >= 0.3 is 12.4 Å². The van der Waals surface area contributed by atoms with Crippen molar-refractivity contribution in [2.75, 3.05) is 24.6 Å². The van der Waals surface area contributed by atoms with Gasteiger partial charge in [0.1, 0.15) is 5.00 Å². The Morgan fingerprint density at radius 2 is 1.78 bits per heavy atom. The summed E-state index contributed by atoms with van der Waals surface area (Å²) in [5.74, 6) is -0.117. The highest BCUT2D eigenvalue weighted by Crippen LogP contribution is 2.49. The molecule has 1 fully saturated rings. The smallest absolute Gasteiger partial charge is 0.422 e. The van der Waals surface area contributed by atoms with E-state index in [-0.39, 0.29) is 15.8 Å². The molecule has 0 spiro atoms. The third-order valence-electron chi connectivity index (χ3n) is 3.48. The van der Waals surface area contributed by atoms with Crippen molar-refractivity contribution >= 4 is 26.4 Å². The lowest BCUT2D eigenvalue weighted by Gasteiger charge is -2.32. The molecule has 0 aliphatic carbocycles. The van der Waals surface area contributed by atoms with Crippen molar-refractivity contribution in [2.24, 2.45) is 0 Å². The second-order valence-corrected chi connectivity index (χ2v) is 6.16. The van der Waals surface area contributed by atoms with Crippen LogP contribution in [0.1, 0.15) is 12.0 Å². The molecular weight excluding hydrogens is 344 g/mol. The van der Waals surface area contributed by atoms with Crippen LogP contribution in [0.3, 0.4) is 0 Å². The third kappa shape index (κ3) is 3.19. The zero-order valence-electron chi connectivity index (χ0n) is 11.6. The molecule has 0 amide bonds. The number of alkyl halides is 6. The number of rotatable bonds is 3. The number of fused-ring (bicyclic) bond motifs is 1. The minimum absolute atomic E-state index is 0.0657. The van der Waals surface area contributed by atoms with Crippen molar-refractivity contribution in [3.63, 3.8) is 0 Å². The number of ether oxygens (including phenoxy) is 1. The molecule has 126 valence electrons. The molecule has 0 unspecified atom stereocenters. The first-order valence-electron chi connectivity index (χ1n) is 6.74. The third-order valence-corrected chi connectivity index (χ3v) is 4.76. The first-order chi connectivity index (χ1) is 10.7. The number of nitrogens with zero attached hydrogens (tertiary/aromatic N) is 1. The number of anilines is 1. The van der Waals surface area contributed by atoms with Crippen LogP contribution in [0.15, 0.2) is 18.2 Å². The van der Waals surface area contributed by atoms with Gasteiger partial charge in [-0.3, -0.25) is 0 Å². The summed E-state index contributed by atoms with van der Waals surface area (Å²) >= 11 is 0.825. The predicted octanol–water partition coefficient (Wildman–Crippen LogP) is 5.07. The van der Waals surface area contributed by atoms with Gasteiger partial charge in [-0.15, -0.1) is 11.3 Å². The lowest BCUT2D eigenvalue weighted by Crippen LogP contribution is -2.36. The minimum atomic E-state index is -4.57. The van der Waals surface area contributed by atoms with E-state index in [4.69, 9.17) is 4.74 Å². The molecule has 1 aliphatic rings. The van der Waals surface area contributed by atoms with Crippen molar-refractivity contribution in [1.29, 1.82) is 0 Å². The van der Waals surface area contributed by atoms with E-state index < -0.39 is 24.5 Å². The molecule has 0 N–H and O–H groups in total. The highest BCUT2D eigenvalue weighted by Gasteiger charge is 2.36. The van der Waals surface area contributed by atoms with Crippen LogP contribution in [0.5, 0.6) is 5.75 Å². The topological polar surface area (TPSA) is 12.5 Å². The Hall–Kier alpha value is -1.64. The van der Waals surface area contributed by atoms with Crippen LogP contribution < -0.4 is 9.64 Å². The maximum atomic E-state index is 13.1. The molecular formula is C14H11F6NOS. The van der Waals surface area contributed by atoms with Crippen LogP contribution in [-0.2, 0) is 6.18 Å². The Kier molecular flexibility index (Phi) is 3.86. The van der Waals surface area contributed by atoms with E-state index >= 15 is 0 Å². The normalized spacial score (nSPS) is 15.8. The zero-order chi connectivity index (χ0) is 16.8. The molecule has 2 nitrogen and oxygen atoms in total. The Morgan fingerprint density at radius 1 is 1.09 bits per heavy atom. The average Bonchev–Trinajstić information content (AvgIpc) is 2.70. The van der Waals surface area contributed by atoms with Gasteiger partial charge in [-0.25, -0.2) is 0 Å². The van der Waals surface area contributed by atoms with Gasteiger partial charge < -0.3 is 9.64 Å². The molecule has 23 heavy (non-hydrogen) atoms. The van der Waals surface area contributed by atoms with E-state index in [1.165, 1.54) is 12.1 Å². The number of halogens is 6. The van der Waals surface area contributed by atoms with Gasteiger partial charge in [0.25, 0.3) is 0 Å². The van der Waals surface area contributed by atoms with Crippen molar-refractivity contribution in [2.45, 2.75) is 18.8 Å². The molecule has 2 aromatic rings. The Bertz CT molecular complexity index is 716. The highest BCUT2D eigenvalue weighted by atomic mass is 32.1. The van der Waals surface area contributed by atoms with Crippen molar-refractivity contribution in [3.8, 4) is 5.75 Å². The van der Waals surface area contributed by atoms with Crippen LogP contribution >= 0.6 is 11.3 Å². The molecule has 0 atom stereocenters. The van der Waals surface area contributed by atoms with Gasteiger partial charge in [0.2, 0.25) is 0 Å². The molecule has 1 saturated heterocycles. The molecule has 1 aliphatic heterocycles. The minimum Gasteiger partial charge on any atom is -0.480 e. The number of thiophene rings is 1. The van der Waals surface area contributed by atoms with E-state index in [1.54, 1.807) is 4.90 Å². The van der Waals surface area contributed by atoms with E-state index in [9.17, 15) is 26.3 Å². The van der Waals surface area contributed by atoms with Crippen molar-refractivity contribution in [3.05, 3.63) is 23.8 Å². The van der Waals surface area contributed by atoms with Gasteiger partial charge in [-0.05, 0) is 18.6 Å². The summed E-state index contributed by atoms with van der Waals surface area (Å²) in [5.41, 5.74) is -0.858. The van der Waals surface area contributed by atoms with Crippen LogP contribution in [0.4, 0.5) is 31.3 Å². The molecule has 3 rings (SSSR count). The molecule has 2 heterocycles. The van der Waals surface area contributed by atoms with Gasteiger partial charge in [-0.2, -0.15) is 26.3 Å². The molecule has 9 heteroatoms. The molecule has 0 saturated carbocycles. The molecule has 0 bridgehead atoms. The standard InChI is InChI=1S/C14H11F6NOS/c15-13(16,17)7-22-10-8-3-1-4-9(14(18,19)20)11(8)23-12(10)21-5-2-6-21/h1,3-4H,2,5-7H2. The fourth-order valence-corrected chi connectivity index (χ4v) is 3.66. The Morgan fingerprint density at radius 3 is 2.30 bits per heavy atom. The number of hydrogen-bond donors (Lipinski definition) is 0. The Balaban J connectivity index is 2.11. The summed E-state index contributed by atoms with van der Waals surface area (Å²) < 4.78 is 81.4. The van der Waals surface area contributed by atoms with Crippen LogP contribution in [0, 0.1) is 0 Å². The van der Waals surface area contributed by atoms with Crippen molar-refractivity contribution < 1.29 is 31.1 Å². The fraction of sp³-hybridized carbons (Fsp3) is 0.429. The van der Waals surface area contributed by atoms with Crippen molar-refractivity contribution in [1.82, 2.24) is 0 Å². The average molecular weight is 355 g/mol. The molecule has 0 radical (unpaired) electrons. The van der Waals surface area contributed by atoms with E-state index in [2.05, 4.69) is 0 Å². The molecule has 1 aromatic heterocycles. The largest absolute Gasteiger partial charge is 0.480 e. The predicted molar refractivity (Wildman–Crippen MR) is 75.2 cm³/mol. The summed E-state index contributed by atoms with van der Waals surface area (Å²) in [6.45, 7) is -0.344. The van der Waals surface area contributed by atoms with Gasteiger partial charge in [0, 0.05) is 18.5 Å². The number of hydrogen-bond acceptors (Lipinski definition) is 3. The quantitative estimate of drug-likeness (QED) is 0.713. The van der Waals surface area contributed by atoms with Gasteiger partial charge in [0.15, 0.2) is 12.4 Å². The first kappa shape index (κ1) is 16.2. The SMILES string of the molecule is FC(F)(F)COc1c(N2CCC2)sc2c(C(F)(F)F)cccc12. The zero-order valence-corrected chi connectivity index (χ0v) is 12.4. The lowest BCUT2D eigenvalue weighted by atomic mass is 10.1. The highest BCUT2D eigenvalue weighted by molar-refractivity contribution is 7.23. The van der Waals surface area contributed by atoms with E-state index in [0.717, 1.165) is 23.8 Å². The maximum Gasteiger partial charge on any atom is 0.422 e. The summed E-state index contributed by atoms with van der Waals surface area (Å²) in [7, 11) is 0. The van der Waals surface area contributed by atoms with Crippen LogP contribution in [-0.4, -0.2) is 25.9 Å². The summed E-state index contributed by atoms with van der Waals surface area (Å²) in [4.78, 5) is 1.73. The first-order valence-corrected chi connectivity index (χ1v) is 7.56. The second kappa shape index (κ2) is 5.47. The maximum absolute atomic E-state index is 13.1.